The molecular formula is C19H20N2O3S. The zero-order chi connectivity index (χ0) is 17.8. The first-order valence-corrected chi connectivity index (χ1v) is 8.84. The number of amides is 1. The fourth-order valence-electron chi connectivity index (χ4n) is 2.54. The molecule has 0 saturated heterocycles. The number of rotatable bonds is 6. The minimum atomic E-state index is -0.193. The van der Waals surface area contributed by atoms with Crippen LogP contribution in [0.25, 0.3) is 10.2 Å². The molecule has 5 nitrogen and oxygen atoms in total. The van der Waals surface area contributed by atoms with Crippen molar-refractivity contribution in [2.75, 3.05) is 14.2 Å². The SMILES string of the molecule is CCc1ccc(CNC(=O)c2nc3ccc(OC)cc3s2)c(OC)c1. The lowest BCUT2D eigenvalue weighted by Crippen LogP contribution is -2.22. The minimum absolute atomic E-state index is 0.193. The molecule has 0 bridgehead atoms. The minimum Gasteiger partial charge on any atom is -0.497 e. The fraction of sp³-hybridized carbons (Fsp3) is 0.263. The first kappa shape index (κ1) is 17.2. The molecule has 0 aliphatic carbocycles. The smallest absolute Gasteiger partial charge is 0.280 e. The van der Waals surface area contributed by atoms with E-state index < -0.39 is 0 Å². The molecule has 0 atom stereocenters. The van der Waals surface area contributed by atoms with Gasteiger partial charge in [-0.05, 0) is 36.2 Å². The highest BCUT2D eigenvalue weighted by Crippen LogP contribution is 2.26. The molecule has 25 heavy (non-hydrogen) atoms. The zero-order valence-corrected chi connectivity index (χ0v) is 15.3. The number of aromatic nitrogens is 1. The van der Waals surface area contributed by atoms with Gasteiger partial charge in [0.05, 0.1) is 24.4 Å². The number of ether oxygens (including phenoxy) is 2. The van der Waals surface area contributed by atoms with E-state index in [1.54, 1.807) is 14.2 Å². The van der Waals surface area contributed by atoms with E-state index >= 15 is 0 Å². The second-order valence-electron chi connectivity index (χ2n) is 5.54. The lowest BCUT2D eigenvalue weighted by molar-refractivity contribution is 0.0950. The number of methoxy groups -OCH3 is 2. The molecule has 1 amide bonds. The molecule has 1 heterocycles. The van der Waals surface area contributed by atoms with Crippen LogP contribution < -0.4 is 14.8 Å². The Kier molecular flexibility index (Phi) is 5.19. The van der Waals surface area contributed by atoms with E-state index in [2.05, 4.69) is 17.2 Å². The van der Waals surface area contributed by atoms with Crippen LogP contribution in [0.3, 0.4) is 0 Å². The van der Waals surface area contributed by atoms with Crippen LogP contribution in [0, 0.1) is 0 Å². The van der Waals surface area contributed by atoms with E-state index in [0.29, 0.717) is 11.6 Å². The van der Waals surface area contributed by atoms with Crippen LogP contribution in [0.5, 0.6) is 11.5 Å². The maximum atomic E-state index is 12.4. The van der Waals surface area contributed by atoms with E-state index in [1.807, 2.05) is 36.4 Å². The molecule has 2 aromatic carbocycles. The summed E-state index contributed by atoms with van der Waals surface area (Å²) in [6, 6.07) is 11.6. The van der Waals surface area contributed by atoms with Crippen molar-refractivity contribution in [3.63, 3.8) is 0 Å². The number of hydrogen-bond acceptors (Lipinski definition) is 5. The van der Waals surface area contributed by atoms with Gasteiger partial charge in [0.15, 0.2) is 5.01 Å². The second-order valence-corrected chi connectivity index (χ2v) is 6.57. The third-order valence-corrected chi connectivity index (χ3v) is 5.01. The summed E-state index contributed by atoms with van der Waals surface area (Å²) in [6.07, 6.45) is 0.943. The fourth-order valence-corrected chi connectivity index (χ4v) is 3.45. The van der Waals surface area contributed by atoms with Crippen molar-refractivity contribution in [1.82, 2.24) is 10.3 Å². The van der Waals surface area contributed by atoms with Gasteiger partial charge >= 0.3 is 0 Å². The van der Waals surface area contributed by atoms with Gasteiger partial charge in [-0.25, -0.2) is 4.98 Å². The van der Waals surface area contributed by atoms with Crippen molar-refractivity contribution in [3.8, 4) is 11.5 Å². The first-order valence-electron chi connectivity index (χ1n) is 8.03. The van der Waals surface area contributed by atoms with E-state index in [9.17, 15) is 4.79 Å². The summed E-state index contributed by atoms with van der Waals surface area (Å²) in [4.78, 5) is 16.8. The number of aryl methyl sites for hydroxylation is 1. The molecule has 0 aliphatic rings. The highest BCUT2D eigenvalue weighted by atomic mass is 32.1. The predicted octanol–water partition coefficient (Wildman–Crippen LogP) is 3.81. The molecule has 0 saturated carbocycles. The maximum absolute atomic E-state index is 12.4. The monoisotopic (exact) mass is 356 g/mol. The van der Waals surface area contributed by atoms with Gasteiger partial charge in [0, 0.05) is 12.1 Å². The maximum Gasteiger partial charge on any atom is 0.280 e. The van der Waals surface area contributed by atoms with Crippen LogP contribution in [0.4, 0.5) is 0 Å². The third kappa shape index (κ3) is 3.74. The van der Waals surface area contributed by atoms with Crippen LogP contribution in [-0.4, -0.2) is 25.1 Å². The number of fused-ring (bicyclic) bond motifs is 1. The van der Waals surface area contributed by atoms with Gasteiger partial charge in [-0.15, -0.1) is 11.3 Å². The summed E-state index contributed by atoms with van der Waals surface area (Å²) in [5.74, 6) is 1.35. The highest BCUT2D eigenvalue weighted by molar-refractivity contribution is 7.20. The van der Waals surface area contributed by atoms with Gasteiger partial charge < -0.3 is 14.8 Å². The Morgan fingerprint density at radius 1 is 1.16 bits per heavy atom. The second kappa shape index (κ2) is 7.53. The van der Waals surface area contributed by atoms with Crippen molar-refractivity contribution in [1.29, 1.82) is 0 Å². The highest BCUT2D eigenvalue weighted by Gasteiger charge is 2.13. The van der Waals surface area contributed by atoms with Crippen LogP contribution in [0.15, 0.2) is 36.4 Å². The zero-order valence-electron chi connectivity index (χ0n) is 14.5. The Balaban J connectivity index is 1.74. The average molecular weight is 356 g/mol. The van der Waals surface area contributed by atoms with Gasteiger partial charge in [0.2, 0.25) is 0 Å². The molecule has 0 aliphatic heterocycles. The molecule has 130 valence electrons. The first-order chi connectivity index (χ1) is 12.1. The summed E-state index contributed by atoms with van der Waals surface area (Å²) < 4.78 is 11.6. The van der Waals surface area contributed by atoms with Crippen molar-refractivity contribution in [2.24, 2.45) is 0 Å². The van der Waals surface area contributed by atoms with Crippen LogP contribution in [-0.2, 0) is 13.0 Å². The number of nitrogens with one attached hydrogen (secondary N) is 1. The van der Waals surface area contributed by atoms with E-state index in [1.165, 1.54) is 16.9 Å². The summed E-state index contributed by atoms with van der Waals surface area (Å²) in [5.41, 5.74) is 2.93. The molecule has 0 unspecified atom stereocenters. The predicted molar refractivity (Wildman–Crippen MR) is 99.7 cm³/mol. The Bertz CT molecular complexity index is 905. The van der Waals surface area contributed by atoms with Crippen molar-refractivity contribution >= 4 is 27.5 Å². The van der Waals surface area contributed by atoms with Crippen LogP contribution in [0.2, 0.25) is 0 Å². The van der Waals surface area contributed by atoms with E-state index in [-0.39, 0.29) is 5.91 Å². The molecule has 0 spiro atoms. The summed E-state index contributed by atoms with van der Waals surface area (Å²) >= 11 is 1.35. The molecule has 0 fully saturated rings. The Morgan fingerprint density at radius 3 is 2.72 bits per heavy atom. The van der Waals surface area contributed by atoms with E-state index in [0.717, 1.165) is 33.7 Å². The molecular weight excluding hydrogens is 336 g/mol. The number of thiazole rings is 1. The quantitative estimate of drug-likeness (QED) is 0.730. The summed E-state index contributed by atoms with van der Waals surface area (Å²) in [7, 11) is 3.26. The van der Waals surface area contributed by atoms with Gasteiger partial charge in [-0.2, -0.15) is 0 Å². The lowest BCUT2D eigenvalue weighted by Gasteiger charge is -2.10. The molecule has 3 rings (SSSR count). The normalized spacial score (nSPS) is 10.7. The van der Waals surface area contributed by atoms with Crippen LogP contribution in [0.1, 0.15) is 27.9 Å². The largest absolute Gasteiger partial charge is 0.497 e. The van der Waals surface area contributed by atoms with Gasteiger partial charge in [-0.1, -0.05) is 19.1 Å². The number of nitrogens with zero attached hydrogens (tertiary/aromatic N) is 1. The topological polar surface area (TPSA) is 60.5 Å². The lowest BCUT2D eigenvalue weighted by atomic mass is 10.1. The number of carbonyl (C=O) groups is 1. The Hall–Kier alpha value is -2.60. The number of carbonyl (C=O) groups excluding carboxylic acids is 1. The van der Waals surface area contributed by atoms with Gasteiger partial charge in [-0.3, -0.25) is 4.79 Å². The summed E-state index contributed by atoms with van der Waals surface area (Å²) in [5, 5.41) is 3.35. The molecule has 1 aromatic heterocycles. The van der Waals surface area contributed by atoms with Gasteiger partial charge in [0.25, 0.3) is 5.91 Å². The Morgan fingerprint density at radius 2 is 2.00 bits per heavy atom. The van der Waals surface area contributed by atoms with Crippen molar-refractivity contribution < 1.29 is 14.3 Å². The molecule has 1 N–H and O–H groups in total. The van der Waals surface area contributed by atoms with Gasteiger partial charge in [0.1, 0.15) is 11.5 Å². The Labute approximate surface area is 150 Å². The standard InChI is InChI=1S/C19H20N2O3S/c1-4-12-5-6-13(16(9-12)24-3)11-20-18(22)19-21-15-8-7-14(23-2)10-17(15)25-19/h5-10H,4,11H2,1-3H3,(H,20,22). The summed E-state index contributed by atoms with van der Waals surface area (Å²) in [6.45, 7) is 2.49. The van der Waals surface area contributed by atoms with Crippen LogP contribution >= 0.6 is 11.3 Å². The van der Waals surface area contributed by atoms with Crippen molar-refractivity contribution in [2.45, 2.75) is 19.9 Å². The third-order valence-electron chi connectivity index (χ3n) is 3.99. The number of hydrogen-bond donors (Lipinski definition) is 1. The molecule has 0 radical (unpaired) electrons. The van der Waals surface area contributed by atoms with Crippen molar-refractivity contribution in [3.05, 3.63) is 52.5 Å². The molecule has 3 aromatic rings. The average Bonchev–Trinajstić information content (AvgIpc) is 3.09. The van der Waals surface area contributed by atoms with E-state index in [4.69, 9.17) is 9.47 Å². The number of benzene rings is 2. The molecule has 6 heteroatoms.